The summed E-state index contributed by atoms with van der Waals surface area (Å²) in [7, 11) is 0. The van der Waals surface area contributed by atoms with Gasteiger partial charge in [0.25, 0.3) is 0 Å². The fourth-order valence-electron chi connectivity index (χ4n) is 2.56. The molecule has 1 aromatic heterocycles. The summed E-state index contributed by atoms with van der Waals surface area (Å²) >= 11 is 1.46. The van der Waals surface area contributed by atoms with Gasteiger partial charge in [0.05, 0.1) is 11.9 Å². The Kier molecular flexibility index (Phi) is 4.80. The summed E-state index contributed by atoms with van der Waals surface area (Å²) in [5.74, 6) is 2.09. The van der Waals surface area contributed by atoms with Crippen molar-refractivity contribution < 1.29 is 9.53 Å². The van der Waals surface area contributed by atoms with Gasteiger partial charge in [0.1, 0.15) is 5.82 Å². The largest absolute Gasteiger partial charge is 0.376 e. The van der Waals surface area contributed by atoms with E-state index in [1.54, 1.807) is 0 Å². The molecular formula is C14H22N4O2S. The van der Waals surface area contributed by atoms with Gasteiger partial charge in [-0.2, -0.15) is 0 Å². The van der Waals surface area contributed by atoms with Crippen molar-refractivity contribution in [1.29, 1.82) is 0 Å². The van der Waals surface area contributed by atoms with Gasteiger partial charge in [-0.3, -0.25) is 4.79 Å². The molecule has 2 heterocycles. The predicted molar refractivity (Wildman–Crippen MR) is 80.4 cm³/mol. The zero-order valence-corrected chi connectivity index (χ0v) is 13.2. The van der Waals surface area contributed by atoms with Crippen LogP contribution >= 0.6 is 11.8 Å². The highest BCUT2D eigenvalue weighted by molar-refractivity contribution is 7.99. The molecule has 1 atom stereocenters. The normalized spacial score (nSPS) is 21.7. The molecule has 1 N–H and O–H groups in total. The number of ether oxygens (including phenoxy) is 1. The van der Waals surface area contributed by atoms with Crippen molar-refractivity contribution in [1.82, 2.24) is 20.1 Å². The van der Waals surface area contributed by atoms with Crippen LogP contribution in [0.5, 0.6) is 0 Å². The third-order valence-corrected chi connectivity index (χ3v) is 4.85. The van der Waals surface area contributed by atoms with Crippen LogP contribution in [0.4, 0.5) is 0 Å². The Morgan fingerprint density at radius 2 is 2.29 bits per heavy atom. The highest BCUT2D eigenvalue weighted by Gasteiger charge is 2.30. The molecule has 0 spiro atoms. The van der Waals surface area contributed by atoms with Crippen LogP contribution in [-0.4, -0.2) is 45.7 Å². The molecule has 116 valence electrons. The van der Waals surface area contributed by atoms with Gasteiger partial charge in [-0.1, -0.05) is 11.8 Å². The average Bonchev–Trinajstić information content (AvgIpc) is 3.05. The topological polar surface area (TPSA) is 69.0 Å². The molecule has 0 bridgehead atoms. The van der Waals surface area contributed by atoms with E-state index in [-0.39, 0.29) is 12.0 Å². The third kappa shape index (κ3) is 3.77. The molecule has 0 unspecified atom stereocenters. The molecule has 6 nitrogen and oxygen atoms in total. The molecule has 3 rings (SSSR count). The van der Waals surface area contributed by atoms with Crippen molar-refractivity contribution in [3.8, 4) is 0 Å². The minimum atomic E-state index is 0.0362. The molecule has 1 aliphatic heterocycles. The van der Waals surface area contributed by atoms with Gasteiger partial charge in [0.15, 0.2) is 5.16 Å². The first-order valence-corrected chi connectivity index (χ1v) is 8.70. The van der Waals surface area contributed by atoms with E-state index in [0.717, 1.165) is 37.0 Å². The van der Waals surface area contributed by atoms with Gasteiger partial charge < -0.3 is 14.6 Å². The molecule has 1 saturated heterocycles. The zero-order valence-electron chi connectivity index (χ0n) is 12.4. The van der Waals surface area contributed by atoms with Gasteiger partial charge >= 0.3 is 0 Å². The smallest absolute Gasteiger partial charge is 0.230 e. The summed E-state index contributed by atoms with van der Waals surface area (Å²) in [6.45, 7) is 4.39. The Labute approximate surface area is 129 Å². The van der Waals surface area contributed by atoms with Gasteiger partial charge in [0.2, 0.25) is 5.91 Å². The van der Waals surface area contributed by atoms with Crippen LogP contribution in [0.25, 0.3) is 0 Å². The number of carbonyl (C=O) groups is 1. The van der Waals surface area contributed by atoms with Crippen LogP contribution in [0.1, 0.15) is 44.3 Å². The van der Waals surface area contributed by atoms with Crippen LogP contribution in [0.3, 0.4) is 0 Å². The Hall–Kier alpha value is -1.08. The lowest BCUT2D eigenvalue weighted by molar-refractivity contribution is -0.119. The van der Waals surface area contributed by atoms with E-state index in [4.69, 9.17) is 4.74 Å². The summed E-state index contributed by atoms with van der Waals surface area (Å²) in [6.07, 6.45) is 4.76. The monoisotopic (exact) mass is 310 g/mol. The van der Waals surface area contributed by atoms with E-state index in [9.17, 15) is 4.79 Å². The summed E-state index contributed by atoms with van der Waals surface area (Å²) in [6, 6.07) is 0. The number of rotatable bonds is 7. The molecule has 2 aliphatic rings. The molecule has 1 saturated carbocycles. The Bertz CT molecular complexity index is 495. The summed E-state index contributed by atoms with van der Waals surface area (Å²) in [5.41, 5.74) is 0. The minimum Gasteiger partial charge on any atom is -0.376 e. The molecule has 1 amide bonds. The number of nitrogens with one attached hydrogen (secondary N) is 1. The second kappa shape index (κ2) is 6.79. The molecular weight excluding hydrogens is 288 g/mol. The van der Waals surface area contributed by atoms with Gasteiger partial charge in [-0.05, 0) is 32.6 Å². The lowest BCUT2D eigenvalue weighted by Crippen LogP contribution is -2.32. The highest BCUT2D eigenvalue weighted by atomic mass is 32.2. The first kappa shape index (κ1) is 14.8. The van der Waals surface area contributed by atoms with E-state index in [0.29, 0.717) is 18.2 Å². The van der Waals surface area contributed by atoms with E-state index in [2.05, 4.69) is 27.0 Å². The lowest BCUT2D eigenvalue weighted by Gasteiger charge is -2.10. The van der Waals surface area contributed by atoms with Gasteiger partial charge in [0, 0.05) is 25.6 Å². The number of thioether (sulfide) groups is 1. The molecule has 0 radical (unpaired) electrons. The molecule has 7 heteroatoms. The molecule has 1 aliphatic carbocycles. The number of hydrogen-bond donors (Lipinski definition) is 1. The summed E-state index contributed by atoms with van der Waals surface area (Å²) in [4.78, 5) is 11.9. The molecule has 2 fully saturated rings. The van der Waals surface area contributed by atoms with Crippen molar-refractivity contribution in [3.05, 3.63) is 5.82 Å². The molecule has 1 aromatic rings. The number of hydrogen-bond acceptors (Lipinski definition) is 5. The van der Waals surface area contributed by atoms with E-state index >= 15 is 0 Å². The van der Waals surface area contributed by atoms with Crippen molar-refractivity contribution in [2.75, 3.05) is 18.9 Å². The highest BCUT2D eigenvalue weighted by Crippen LogP contribution is 2.39. The van der Waals surface area contributed by atoms with E-state index in [1.165, 1.54) is 24.6 Å². The maximum absolute atomic E-state index is 11.9. The fourth-order valence-corrected chi connectivity index (χ4v) is 3.40. The predicted octanol–water partition coefficient (Wildman–Crippen LogP) is 1.56. The number of aromatic nitrogens is 3. The Balaban J connectivity index is 1.46. The van der Waals surface area contributed by atoms with Crippen LogP contribution in [0.15, 0.2) is 5.16 Å². The van der Waals surface area contributed by atoms with Crippen LogP contribution in [0.2, 0.25) is 0 Å². The van der Waals surface area contributed by atoms with Gasteiger partial charge in [-0.15, -0.1) is 10.2 Å². The number of amides is 1. The lowest BCUT2D eigenvalue weighted by atomic mass is 10.2. The van der Waals surface area contributed by atoms with Crippen molar-refractivity contribution in [3.63, 3.8) is 0 Å². The fraction of sp³-hybridized carbons (Fsp3) is 0.786. The number of carbonyl (C=O) groups excluding carboxylic acids is 1. The van der Waals surface area contributed by atoms with E-state index in [1.807, 2.05) is 0 Å². The third-order valence-electron chi connectivity index (χ3n) is 3.89. The maximum atomic E-state index is 11.9. The Morgan fingerprint density at radius 1 is 1.43 bits per heavy atom. The van der Waals surface area contributed by atoms with Crippen molar-refractivity contribution in [2.45, 2.75) is 56.3 Å². The first-order chi connectivity index (χ1) is 10.3. The second-order valence-corrected chi connectivity index (χ2v) is 6.53. The standard InChI is InChI=1S/C14H22N4O2S/c1-2-18-13(10-5-6-10)16-17-14(18)21-9-12(19)15-8-11-4-3-7-20-11/h10-11H,2-9H2,1H3,(H,15,19)/t11-/m1/s1. The van der Waals surface area contributed by atoms with E-state index < -0.39 is 0 Å². The van der Waals surface area contributed by atoms with Crippen LogP contribution in [-0.2, 0) is 16.1 Å². The first-order valence-electron chi connectivity index (χ1n) is 7.72. The Morgan fingerprint density at radius 3 is 2.95 bits per heavy atom. The minimum absolute atomic E-state index is 0.0362. The average molecular weight is 310 g/mol. The summed E-state index contributed by atoms with van der Waals surface area (Å²) in [5, 5.41) is 12.3. The van der Waals surface area contributed by atoms with Crippen molar-refractivity contribution in [2.24, 2.45) is 0 Å². The maximum Gasteiger partial charge on any atom is 0.230 e. The number of nitrogens with zero attached hydrogens (tertiary/aromatic N) is 3. The van der Waals surface area contributed by atoms with Crippen LogP contribution < -0.4 is 5.32 Å². The quantitative estimate of drug-likeness (QED) is 0.774. The zero-order chi connectivity index (χ0) is 14.7. The molecule has 21 heavy (non-hydrogen) atoms. The SMILES string of the molecule is CCn1c(SCC(=O)NC[C@H]2CCCO2)nnc1C1CC1. The van der Waals surface area contributed by atoms with Crippen LogP contribution in [0, 0.1) is 0 Å². The van der Waals surface area contributed by atoms with Crippen molar-refractivity contribution >= 4 is 17.7 Å². The second-order valence-electron chi connectivity index (χ2n) is 5.59. The van der Waals surface area contributed by atoms with Gasteiger partial charge in [-0.25, -0.2) is 0 Å². The molecule has 0 aromatic carbocycles. The summed E-state index contributed by atoms with van der Waals surface area (Å²) < 4.78 is 7.63.